The molecule has 116 valence electrons. The first-order chi connectivity index (χ1) is 10.2. The summed E-state index contributed by atoms with van der Waals surface area (Å²) in [5, 5.41) is 8.53. The Morgan fingerprint density at radius 3 is 2.32 bits per heavy atom. The topological polar surface area (TPSA) is 85.4 Å². The molecule has 1 aromatic heterocycles. The number of aromatic nitrogens is 1. The number of ether oxygens (including phenoxy) is 1. The smallest absolute Gasteiger partial charge is 0.449 e. The number of hydrogen-bond acceptors (Lipinski definition) is 4. The summed E-state index contributed by atoms with van der Waals surface area (Å²) < 4.78 is 56.3. The van der Waals surface area contributed by atoms with Gasteiger partial charge in [-0.15, -0.1) is 0 Å². The first kappa shape index (κ1) is 15.5. The van der Waals surface area contributed by atoms with E-state index in [9.17, 15) is 22.4 Å². The van der Waals surface area contributed by atoms with Gasteiger partial charge in [0, 0.05) is 5.56 Å². The van der Waals surface area contributed by atoms with Gasteiger partial charge in [0.05, 0.1) is 16.9 Å². The first-order valence-corrected chi connectivity index (χ1v) is 5.73. The molecule has 5 nitrogen and oxygen atoms in total. The third kappa shape index (κ3) is 3.25. The van der Waals surface area contributed by atoms with Crippen LogP contribution in [-0.2, 0) is 6.18 Å². The molecule has 1 aromatic carbocycles. The lowest BCUT2D eigenvalue weighted by Crippen LogP contribution is -2.13. The molecule has 0 aliphatic heterocycles. The van der Waals surface area contributed by atoms with Crippen LogP contribution in [0.2, 0.25) is 0 Å². The Kier molecular flexibility index (Phi) is 3.89. The molecule has 2 rings (SSSR count). The second kappa shape index (κ2) is 5.51. The minimum absolute atomic E-state index is 0.0658. The zero-order valence-corrected chi connectivity index (χ0v) is 10.7. The molecule has 0 radical (unpaired) electrons. The maximum Gasteiger partial charge on any atom is 0.512 e. The second-order valence-electron chi connectivity index (χ2n) is 4.15. The van der Waals surface area contributed by atoms with Crippen LogP contribution in [0.5, 0.6) is 5.88 Å². The number of benzene rings is 1. The Morgan fingerprint density at radius 1 is 1.23 bits per heavy atom. The lowest BCUT2D eigenvalue weighted by atomic mass is 10.0. The van der Waals surface area contributed by atoms with Crippen molar-refractivity contribution >= 4 is 11.8 Å². The third-order valence-corrected chi connectivity index (χ3v) is 2.62. The summed E-state index contributed by atoms with van der Waals surface area (Å²) in [6.07, 6.45) is -6.56. The number of hydrogen-bond donors (Lipinski definition) is 2. The molecule has 2 aromatic rings. The molecule has 0 saturated heterocycles. The van der Waals surface area contributed by atoms with E-state index >= 15 is 0 Å². The highest BCUT2D eigenvalue weighted by Gasteiger charge is 2.36. The number of nitrogens with zero attached hydrogens (tertiary/aromatic N) is 1. The van der Waals surface area contributed by atoms with Gasteiger partial charge < -0.3 is 15.6 Å². The molecular weight excluding hydrogens is 308 g/mol. The normalized spacial score (nSPS) is 11.3. The number of anilines is 1. The quantitative estimate of drug-likeness (QED) is 0.654. The molecule has 1 heterocycles. The van der Waals surface area contributed by atoms with Crippen LogP contribution in [-0.4, -0.2) is 16.2 Å². The molecule has 9 heteroatoms. The number of nitrogens with two attached hydrogens (primary N) is 1. The number of pyridine rings is 1. The van der Waals surface area contributed by atoms with E-state index in [4.69, 9.17) is 10.8 Å². The maximum atomic E-state index is 13.1. The summed E-state index contributed by atoms with van der Waals surface area (Å²) in [6.45, 7) is 0. The minimum atomic E-state index is -4.79. The summed E-state index contributed by atoms with van der Waals surface area (Å²) in [4.78, 5) is 14.0. The van der Waals surface area contributed by atoms with Crippen LogP contribution in [0.25, 0.3) is 11.3 Å². The average molecular weight is 316 g/mol. The standard InChI is InChI=1S/C13H8F4N2O3/c14-7-3-1-6(2-4-7)10-8(13(15,16)17)5-9(18)11(19-10)22-12(20)21/h1-5H,18H2,(H,20,21). The maximum absolute atomic E-state index is 13.1. The van der Waals surface area contributed by atoms with Gasteiger partial charge in [0.15, 0.2) is 0 Å². The molecule has 0 fully saturated rings. The number of rotatable bonds is 2. The molecule has 3 N–H and O–H groups in total. The number of carbonyl (C=O) groups is 1. The van der Waals surface area contributed by atoms with Crippen molar-refractivity contribution in [2.75, 3.05) is 5.73 Å². The fourth-order valence-electron chi connectivity index (χ4n) is 1.72. The van der Waals surface area contributed by atoms with Crippen molar-refractivity contribution in [1.29, 1.82) is 0 Å². The van der Waals surface area contributed by atoms with Gasteiger partial charge >= 0.3 is 12.3 Å². The molecule has 0 bridgehead atoms. The molecule has 0 aliphatic rings. The third-order valence-electron chi connectivity index (χ3n) is 2.62. The van der Waals surface area contributed by atoms with Gasteiger partial charge in [0.2, 0.25) is 5.88 Å². The van der Waals surface area contributed by atoms with E-state index in [1.807, 2.05) is 0 Å². The Bertz CT molecular complexity index is 714. The molecule has 0 amide bonds. The van der Waals surface area contributed by atoms with Crippen LogP contribution in [0.3, 0.4) is 0 Å². The van der Waals surface area contributed by atoms with Crippen LogP contribution >= 0.6 is 0 Å². The molecule has 0 aliphatic carbocycles. The van der Waals surface area contributed by atoms with E-state index in [1.54, 1.807) is 0 Å². The Balaban J connectivity index is 2.66. The summed E-state index contributed by atoms with van der Waals surface area (Å²) in [5.41, 5.74) is 2.88. The number of alkyl halides is 3. The van der Waals surface area contributed by atoms with E-state index in [1.165, 1.54) is 0 Å². The Morgan fingerprint density at radius 2 is 1.82 bits per heavy atom. The summed E-state index contributed by atoms with van der Waals surface area (Å²) in [5.74, 6) is -1.32. The van der Waals surface area contributed by atoms with E-state index in [0.29, 0.717) is 6.07 Å². The van der Waals surface area contributed by atoms with Crippen LogP contribution in [0.4, 0.5) is 28.0 Å². The number of nitrogen functional groups attached to an aromatic ring is 1. The SMILES string of the molecule is Nc1cc(C(F)(F)F)c(-c2ccc(F)cc2)nc1OC(=O)O. The predicted octanol–water partition coefficient (Wildman–Crippen LogP) is 3.55. The second-order valence-corrected chi connectivity index (χ2v) is 4.15. The van der Waals surface area contributed by atoms with Gasteiger partial charge in [-0.2, -0.15) is 13.2 Å². The molecule has 22 heavy (non-hydrogen) atoms. The van der Waals surface area contributed by atoms with Gasteiger partial charge in [-0.3, -0.25) is 0 Å². The first-order valence-electron chi connectivity index (χ1n) is 5.73. The van der Waals surface area contributed by atoms with E-state index in [0.717, 1.165) is 24.3 Å². The predicted molar refractivity (Wildman–Crippen MR) is 67.7 cm³/mol. The van der Waals surface area contributed by atoms with Crippen molar-refractivity contribution in [2.45, 2.75) is 6.18 Å². The van der Waals surface area contributed by atoms with Gasteiger partial charge in [0.25, 0.3) is 0 Å². The van der Waals surface area contributed by atoms with Crippen molar-refractivity contribution < 1.29 is 32.2 Å². The van der Waals surface area contributed by atoms with Crippen LogP contribution in [0.15, 0.2) is 30.3 Å². The van der Waals surface area contributed by atoms with Crippen molar-refractivity contribution in [1.82, 2.24) is 4.98 Å². The Hall–Kier alpha value is -2.84. The fraction of sp³-hybridized carbons (Fsp3) is 0.0769. The molecule has 0 saturated carbocycles. The molecule has 0 atom stereocenters. The van der Waals surface area contributed by atoms with Gasteiger partial charge in [0.1, 0.15) is 5.82 Å². The van der Waals surface area contributed by atoms with Crippen LogP contribution in [0.1, 0.15) is 5.56 Å². The Labute approximate surface area is 121 Å². The van der Waals surface area contributed by atoms with Crippen molar-refractivity contribution in [3.05, 3.63) is 41.7 Å². The lowest BCUT2D eigenvalue weighted by molar-refractivity contribution is -0.137. The fourth-order valence-corrected chi connectivity index (χ4v) is 1.72. The highest BCUT2D eigenvalue weighted by Crippen LogP contribution is 2.39. The van der Waals surface area contributed by atoms with Gasteiger partial charge in [-0.1, -0.05) is 0 Å². The van der Waals surface area contributed by atoms with E-state index < -0.39 is 41.0 Å². The zero-order chi connectivity index (χ0) is 16.5. The van der Waals surface area contributed by atoms with Crippen molar-refractivity contribution in [3.63, 3.8) is 0 Å². The molecule has 0 unspecified atom stereocenters. The highest BCUT2D eigenvalue weighted by molar-refractivity contribution is 5.71. The summed E-state index contributed by atoms with van der Waals surface area (Å²) in [6, 6.07) is 4.57. The summed E-state index contributed by atoms with van der Waals surface area (Å²) >= 11 is 0. The van der Waals surface area contributed by atoms with Crippen LogP contribution < -0.4 is 10.5 Å². The minimum Gasteiger partial charge on any atom is -0.449 e. The summed E-state index contributed by atoms with van der Waals surface area (Å²) in [7, 11) is 0. The monoisotopic (exact) mass is 316 g/mol. The van der Waals surface area contributed by atoms with Gasteiger partial charge in [-0.25, -0.2) is 14.2 Å². The van der Waals surface area contributed by atoms with Crippen LogP contribution in [0, 0.1) is 5.82 Å². The number of halogens is 4. The van der Waals surface area contributed by atoms with Crippen molar-refractivity contribution in [3.8, 4) is 17.1 Å². The van der Waals surface area contributed by atoms with E-state index in [2.05, 4.69) is 9.72 Å². The number of carboxylic acid groups (broad SMARTS) is 1. The van der Waals surface area contributed by atoms with Crippen molar-refractivity contribution in [2.24, 2.45) is 0 Å². The van der Waals surface area contributed by atoms with Gasteiger partial charge in [-0.05, 0) is 30.3 Å². The lowest BCUT2D eigenvalue weighted by Gasteiger charge is -2.14. The highest BCUT2D eigenvalue weighted by atomic mass is 19.4. The molecular formula is C13H8F4N2O3. The zero-order valence-electron chi connectivity index (χ0n) is 10.7. The molecule has 0 spiro atoms. The van der Waals surface area contributed by atoms with E-state index in [-0.39, 0.29) is 5.56 Å². The average Bonchev–Trinajstić information content (AvgIpc) is 2.40. The largest absolute Gasteiger partial charge is 0.512 e.